The van der Waals surface area contributed by atoms with Crippen LogP contribution in [0.15, 0.2) is 54.6 Å². The van der Waals surface area contributed by atoms with Crippen LogP contribution >= 0.6 is 0 Å². The second-order valence-corrected chi connectivity index (χ2v) is 13.7. The molecule has 4 rings (SSSR count). The molecule has 3 amide bonds. The molecule has 0 radical (unpaired) electrons. The summed E-state index contributed by atoms with van der Waals surface area (Å²) in [6, 6.07) is 16.4. The van der Waals surface area contributed by atoms with Gasteiger partial charge in [0.25, 0.3) is 0 Å². The molecule has 232 valence electrons. The average Bonchev–Trinajstić information content (AvgIpc) is 3.10. The van der Waals surface area contributed by atoms with E-state index in [4.69, 9.17) is 9.47 Å². The lowest BCUT2D eigenvalue weighted by Crippen LogP contribution is -2.61. The van der Waals surface area contributed by atoms with Crippen LogP contribution in [0.3, 0.4) is 0 Å². The lowest BCUT2D eigenvalue weighted by atomic mass is 9.60. The van der Waals surface area contributed by atoms with Crippen molar-refractivity contribution in [2.45, 2.75) is 90.5 Å². The predicted molar refractivity (Wildman–Crippen MR) is 164 cm³/mol. The number of likely N-dealkylation sites (tertiary alicyclic amines) is 1. The van der Waals surface area contributed by atoms with Crippen molar-refractivity contribution >= 4 is 23.7 Å². The first-order chi connectivity index (χ1) is 20.1. The zero-order valence-electron chi connectivity index (χ0n) is 26.4. The highest BCUT2D eigenvalue weighted by molar-refractivity contribution is 6.06. The molecule has 2 N–H and O–H groups in total. The second kappa shape index (κ2) is 12.1. The van der Waals surface area contributed by atoms with Gasteiger partial charge in [0.15, 0.2) is 5.78 Å². The minimum atomic E-state index is -1.36. The third-order valence-corrected chi connectivity index (χ3v) is 8.76. The molecule has 0 unspecified atom stereocenters. The lowest BCUT2D eigenvalue weighted by Gasteiger charge is -2.47. The van der Waals surface area contributed by atoms with Crippen LogP contribution in [0.5, 0.6) is 0 Å². The summed E-state index contributed by atoms with van der Waals surface area (Å²) in [6.45, 7) is 13.4. The van der Waals surface area contributed by atoms with E-state index in [1.165, 1.54) is 0 Å². The number of alkyl carbamates (subject to hydrolysis) is 1. The first-order valence-corrected chi connectivity index (χ1v) is 14.9. The molecule has 43 heavy (non-hydrogen) atoms. The van der Waals surface area contributed by atoms with Crippen molar-refractivity contribution in [3.8, 4) is 0 Å². The zero-order valence-corrected chi connectivity index (χ0v) is 26.4. The summed E-state index contributed by atoms with van der Waals surface area (Å²) in [5.41, 5.74) is -0.266. The number of fused-ring (bicyclic) bond motifs is 2. The van der Waals surface area contributed by atoms with Crippen molar-refractivity contribution in [2.24, 2.45) is 5.41 Å². The number of rotatable bonds is 8. The number of carbonyl (C=O) groups excluding carboxylic acids is 4. The van der Waals surface area contributed by atoms with Crippen molar-refractivity contribution in [1.29, 1.82) is 0 Å². The van der Waals surface area contributed by atoms with E-state index in [1.54, 1.807) is 39.5 Å². The van der Waals surface area contributed by atoms with E-state index >= 15 is 0 Å². The molecule has 2 aliphatic rings. The molecule has 1 aliphatic heterocycles. The highest BCUT2D eigenvalue weighted by Crippen LogP contribution is 2.56. The van der Waals surface area contributed by atoms with Crippen LogP contribution in [-0.2, 0) is 31.1 Å². The molecule has 0 aromatic heterocycles. The largest absolute Gasteiger partial charge is 0.444 e. The van der Waals surface area contributed by atoms with E-state index in [1.807, 2.05) is 68.4 Å². The zero-order chi connectivity index (χ0) is 31.6. The molecule has 1 fully saturated rings. The van der Waals surface area contributed by atoms with Crippen LogP contribution < -0.4 is 10.6 Å². The Hall–Kier alpha value is -3.72. The van der Waals surface area contributed by atoms with Gasteiger partial charge in [0.1, 0.15) is 17.2 Å². The Labute approximate surface area is 254 Å². The maximum atomic E-state index is 13.9. The molecular formula is C34H45N3O6. The quantitative estimate of drug-likeness (QED) is 0.457. The van der Waals surface area contributed by atoms with E-state index in [9.17, 15) is 19.2 Å². The Morgan fingerprint density at radius 2 is 1.53 bits per heavy atom. The van der Waals surface area contributed by atoms with E-state index in [2.05, 4.69) is 10.6 Å². The molecule has 1 atom stereocenters. The Kier molecular flexibility index (Phi) is 9.07. The molecule has 9 heteroatoms. The molecular weight excluding hydrogens is 546 g/mol. The van der Waals surface area contributed by atoms with Gasteiger partial charge in [-0.05, 0) is 58.6 Å². The van der Waals surface area contributed by atoms with Gasteiger partial charge in [-0.1, -0.05) is 68.4 Å². The standard InChI is InChI=1S/C34H45N3O6/c1-31(2,3)43-30(41)36-33(6,7)29(40)35-26(22-42-21-23-13-9-8-10-14-23)28(39)37-19-17-34(18-20-37)25-16-12-11-15-24(25)27(38)32(34,4)5/h8-16,26H,17-22H2,1-7H3,(H,35,40)(H,36,41)/t26-/m1/s1. The van der Waals surface area contributed by atoms with Crippen molar-refractivity contribution < 1.29 is 28.7 Å². The molecule has 1 heterocycles. The Morgan fingerprint density at radius 3 is 2.16 bits per heavy atom. The van der Waals surface area contributed by atoms with Gasteiger partial charge in [-0.15, -0.1) is 0 Å². The fraction of sp³-hybridized carbons (Fsp3) is 0.529. The molecule has 2 aromatic rings. The SMILES string of the molecule is CC(C)(C)OC(=O)NC(C)(C)C(=O)N[C@H](COCc1ccccc1)C(=O)N1CCC2(CC1)c1ccccc1C(=O)C2(C)C. The van der Waals surface area contributed by atoms with Crippen LogP contribution in [0.2, 0.25) is 0 Å². The van der Waals surface area contributed by atoms with E-state index < -0.39 is 34.6 Å². The predicted octanol–water partition coefficient (Wildman–Crippen LogP) is 4.77. The van der Waals surface area contributed by atoms with E-state index in [0.29, 0.717) is 25.9 Å². The number of benzene rings is 2. The number of carbonyl (C=O) groups is 4. The monoisotopic (exact) mass is 591 g/mol. The van der Waals surface area contributed by atoms with Crippen LogP contribution in [0.1, 0.15) is 82.8 Å². The van der Waals surface area contributed by atoms with E-state index in [-0.39, 0.29) is 30.3 Å². The molecule has 9 nitrogen and oxygen atoms in total. The maximum Gasteiger partial charge on any atom is 0.408 e. The second-order valence-electron chi connectivity index (χ2n) is 13.7. The fourth-order valence-corrected chi connectivity index (χ4v) is 6.21. The molecule has 1 saturated heterocycles. The van der Waals surface area contributed by atoms with Gasteiger partial charge < -0.3 is 25.0 Å². The number of hydrogen-bond donors (Lipinski definition) is 2. The number of Topliss-reactive ketones (excluding diaryl/α,β-unsaturated/α-hetero) is 1. The van der Waals surface area contributed by atoms with Crippen molar-refractivity contribution in [1.82, 2.24) is 15.5 Å². The summed E-state index contributed by atoms with van der Waals surface area (Å²) in [5.74, 6) is -0.660. The summed E-state index contributed by atoms with van der Waals surface area (Å²) in [5, 5.41) is 5.43. The number of nitrogens with one attached hydrogen (secondary N) is 2. The molecule has 0 saturated carbocycles. The number of piperidine rings is 1. The van der Waals surface area contributed by atoms with Gasteiger partial charge in [-0.2, -0.15) is 0 Å². The number of ether oxygens (including phenoxy) is 2. The number of amides is 3. The molecule has 0 bridgehead atoms. The van der Waals surface area contributed by atoms with Crippen LogP contribution in [-0.4, -0.2) is 65.5 Å². The van der Waals surface area contributed by atoms with Gasteiger partial charge in [-0.3, -0.25) is 14.4 Å². The fourth-order valence-electron chi connectivity index (χ4n) is 6.21. The van der Waals surface area contributed by atoms with Crippen molar-refractivity contribution in [2.75, 3.05) is 19.7 Å². The third-order valence-electron chi connectivity index (χ3n) is 8.76. The summed E-state index contributed by atoms with van der Waals surface area (Å²) >= 11 is 0. The highest BCUT2D eigenvalue weighted by Gasteiger charge is 2.58. The summed E-state index contributed by atoms with van der Waals surface area (Å²) in [7, 11) is 0. The summed E-state index contributed by atoms with van der Waals surface area (Å²) < 4.78 is 11.2. The normalized spacial score (nSPS) is 18.1. The number of hydrogen-bond acceptors (Lipinski definition) is 6. The summed E-state index contributed by atoms with van der Waals surface area (Å²) in [4.78, 5) is 54.9. The highest BCUT2D eigenvalue weighted by atomic mass is 16.6. The maximum absolute atomic E-state index is 13.9. The van der Waals surface area contributed by atoms with Crippen molar-refractivity contribution in [3.05, 3.63) is 71.3 Å². The smallest absolute Gasteiger partial charge is 0.408 e. The minimum Gasteiger partial charge on any atom is -0.444 e. The lowest BCUT2D eigenvalue weighted by molar-refractivity contribution is -0.141. The average molecular weight is 592 g/mol. The minimum absolute atomic E-state index is 0.0452. The first-order valence-electron chi connectivity index (χ1n) is 14.9. The first kappa shape index (κ1) is 32.2. The summed E-state index contributed by atoms with van der Waals surface area (Å²) in [6.07, 6.45) is 0.531. The van der Waals surface area contributed by atoms with Gasteiger partial charge in [0, 0.05) is 29.5 Å². The number of nitrogens with zero attached hydrogens (tertiary/aromatic N) is 1. The third kappa shape index (κ3) is 6.77. The Morgan fingerprint density at radius 1 is 0.930 bits per heavy atom. The van der Waals surface area contributed by atoms with Gasteiger partial charge in [-0.25, -0.2) is 4.79 Å². The van der Waals surface area contributed by atoms with Crippen LogP contribution in [0, 0.1) is 5.41 Å². The number of ketones is 1. The molecule has 2 aromatic carbocycles. The van der Waals surface area contributed by atoms with E-state index in [0.717, 1.165) is 16.7 Å². The Bertz CT molecular complexity index is 1350. The topological polar surface area (TPSA) is 114 Å². The van der Waals surface area contributed by atoms with Gasteiger partial charge >= 0.3 is 6.09 Å². The van der Waals surface area contributed by atoms with Gasteiger partial charge in [0.2, 0.25) is 11.8 Å². The van der Waals surface area contributed by atoms with Gasteiger partial charge in [0.05, 0.1) is 13.2 Å². The molecule has 1 aliphatic carbocycles. The van der Waals surface area contributed by atoms with Crippen LogP contribution in [0.4, 0.5) is 4.79 Å². The van der Waals surface area contributed by atoms with Crippen LogP contribution in [0.25, 0.3) is 0 Å². The molecule has 1 spiro atoms. The Balaban J connectivity index is 1.48. The van der Waals surface area contributed by atoms with Crippen molar-refractivity contribution in [3.63, 3.8) is 0 Å².